The van der Waals surface area contributed by atoms with Crippen LogP contribution in [0.3, 0.4) is 0 Å². The number of benzene rings is 1. The molecule has 0 radical (unpaired) electrons. The molecule has 0 fully saturated rings. The molecule has 0 aliphatic rings. The van der Waals surface area contributed by atoms with Crippen molar-refractivity contribution in [1.29, 1.82) is 5.26 Å². The number of nitrogens with one attached hydrogen (secondary N) is 3. The highest BCUT2D eigenvalue weighted by Gasteiger charge is 2.39. The second kappa shape index (κ2) is 9.67. The van der Waals surface area contributed by atoms with Crippen LogP contribution in [-0.2, 0) is 19.4 Å². The van der Waals surface area contributed by atoms with Crippen molar-refractivity contribution in [2.24, 2.45) is 0 Å². The molecule has 176 valence electrons. The van der Waals surface area contributed by atoms with Gasteiger partial charge in [-0.1, -0.05) is 0 Å². The lowest BCUT2D eigenvalue weighted by atomic mass is 9.98. The molecule has 0 atom stereocenters. The van der Waals surface area contributed by atoms with Gasteiger partial charge in [0.2, 0.25) is 11.8 Å². The van der Waals surface area contributed by atoms with Crippen molar-refractivity contribution < 1.29 is 24.2 Å². The molecule has 3 N–H and O–H groups in total. The third kappa shape index (κ3) is 8.29. The Morgan fingerprint density at radius 3 is 1.69 bits per heavy atom. The summed E-state index contributed by atoms with van der Waals surface area (Å²) in [4.78, 5) is 48.8. The highest BCUT2D eigenvalue weighted by atomic mass is 17.2. The monoisotopic (exact) mass is 446 g/mol. The van der Waals surface area contributed by atoms with Gasteiger partial charge in [0, 0.05) is 5.56 Å². The molecule has 9 heteroatoms. The molecule has 9 nitrogen and oxygen atoms in total. The van der Waals surface area contributed by atoms with Crippen molar-refractivity contribution in [2.45, 2.75) is 84.7 Å². The van der Waals surface area contributed by atoms with Crippen LogP contribution in [0.4, 0.5) is 0 Å². The summed E-state index contributed by atoms with van der Waals surface area (Å²) >= 11 is 0. The predicted octanol–water partition coefficient (Wildman–Crippen LogP) is 2.56. The van der Waals surface area contributed by atoms with E-state index in [1.54, 1.807) is 27.7 Å². The Morgan fingerprint density at radius 2 is 1.22 bits per heavy atom. The molecule has 0 bridgehead atoms. The van der Waals surface area contributed by atoms with E-state index in [-0.39, 0.29) is 0 Å². The fourth-order valence-corrected chi connectivity index (χ4v) is 2.29. The lowest BCUT2D eigenvalue weighted by molar-refractivity contribution is -0.401. The molecular weight excluding hydrogens is 412 g/mol. The quantitative estimate of drug-likeness (QED) is 0.320. The maximum Gasteiger partial charge on any atom is 0.252 e. The third-order valence-corrected chi connectivity index (χ3v) is 4.18. The minimum absolute atomic E-state index is 0.305. The van der Waals surface area contributed by atoms with Gasteiger partial charge in [-0.2, -0.15) is 5.26 Å². The molecule has 0 aliphatic heterocycles. The summed E-state index contributed by atoms with van der Waals surface area (Å²) in [6.07, 6.45) is 0. The van der Waals surface area contributed by atoms with Crippen LogP contribution in [0.25, 0.3) is 0 Å². The van der Waals surface area contributed by atoms with E-state index in [9.17, 15) is 14.4 Å². The van der Waals surface area contributed by atoms with E-state index < -0.39 is 40.1 Å². The van der Waals surface area contributed by atoms with Crippen molar-refractivity contribution in [3.8, 4) is 6.07 Å². The molecule has 1 aromatic carbocycles. The van der Waals surface area contributed by atoms with E-state index >= 15 is 0 Å². The van der Waals surface area contributed by atoms with Gasteiger partial charge in [-0.05, 0) is 86.6 Å². The standard InChI is InChI=1S/C23H34N4O5/c1-20(2,3)31-32-23(8,9)27-19(30)22(6,7)26-18(29)21(4,5)25-17(28)16-12-10-15(14-24)11-13-16/h10-13H,1-9H3,(H,25,28)(H,26,29)(H,27,30). The summed E-state index contributed by atoms with van der Waals surface area (Å²) in [5, 5.41) is 16.9. The first-order chi connectivity index (χ1) is 14.4. The molecule has 3 amide bonds. The molecule has 0 spiro atoms. The van der Waals surface area contributed by atoms with E-state index in [0.29, 0.717) is 11.1 Å². The van der Waals surface area contributed by atoms with Gasteiger partial charge in [-0.15, -0.1) is 0 Å². The molecule has 1 aromatic rings. The van der Waals surface area contributed by atoms with Gasteiger partial charge < -0.3 is 16.0 Å². The normalized spacial score (nSPS) is 12.5. The largest absolute Gasteiger partial charge is 0.340 e. The fourth-order valence-electron chi connectivity index (χ4n) is 2.29. The number of carbonyl (C=O) groups is 3. The number of hydrogen-bond acceptors (Lipinski definition) is 6. The van der Waals surface area contributed by atoms with Crippen LogP contribution >= 0.6 is 0 Å². The predicted molar refractivity (Wildman–Crippen MR) is 119 cm³/mol. The summed E-state index contributed by atoms with van der Waals surface area (Å²) in [5.74, 6) is -1.53. The highest BCUT2D eigenvalue weighted by Crippen LogP contribution is 2.16. The van der Waals surface area contributed by atoms with Crippen molar-refractivity contribution >= 4 is 17.7 Å². The van der Waals surface area contributed by atoms with Gasteiger partial charge in [0.25, 0.3) is 5.91 Å². The second-order valence-corrected chi connectivity index (χ2v) is 10.1. The van der Waals surface area contributed by atoms with Crippen LogP contribution in [0.15, 0.2) is 24.3 Å². The third-order valence-electron chi connectivity index (χ3n) is 4.18. The number of carbonyl (C=O) groups excluding carboxylic acids is 3. The Kier molecular flexibility index (Phi) is 8.18. The molecule has 0 aliphatic carbocycles. The first-order valence-corrected chi connectivity index (χ1v) is 10.2. The van der Waals surface area contributed by atoms with Gasteiger partial charge in [-0.25, -0.2) is 9.78 Å². The Labute approximate surface area is 189 Å². The molecular formula is C23H34N4O5. The minimum atomic E-state index is -1.32. The molecule has 1 rings (SSSR count). The van der Waals surface area contributed by atoms with Crippen LogP contribution in [-0.4, -0.2) is 40.1 Å². The molecule has 0 aromatic heterocycles. The molecule has 0 heterocycles. The summed E-state index contributed by atoms with van der Waals surface area (Å²) in [7, 11) is 0. The van der Waals surface area contributed by atoms with Crippen LogP contribution in [0.2, 0.25) is 0 Å². The number of rotatable bonds is 8. The van der Waals surface area contributed by atoms with Crippen LogP contribution in [0.5, 0.6) is 0 Å². The lowest BCUT2D eigenvalue weighted by Crippen LogP contribution is -2.64. The first kappa shape index (κ1) is 27.1. The maximum atomic E-state index is 12.9. The van der Waals surface area contributed by atoms with Crippen molar-refractivity contribution in [3.63, 3.8) is 0 Å². The minimum Gasteiger partial charge on any atom is -0.340 e. The van der Waals surface area contributed by atoms with E-state index in [1.165, 1.54) is 38.1 Å². The number of amides is 3. The van der Waals surface area contributed by atoms with Crippen molar-refractivity contribution in [1.82, 2.24) is 16.0 Å². The molecule has 0 saturated heterocycles. The summed E-state index contributed by atoms with van der Waals surface area (Å²) in [6, 6.07) is 8.01. The molecule has 32 heavy (non-hydrogen) atoms. The average Bonchev–Trinajstić information content (AvgIpc) is 2.65. The van der Waals surface area contributed by atoms with Crippen molar-refractivity contribution in [3.05, 3.63) is 35.4 Å². The zero-order valence-electron chi connectivity index (χ0n) is 20.3. The number of nitrogens with zero attached hydrogens (tertiary/aromatic N) is 1. The number of hydrogen-bond donors (Lipinski definition) is 3. The Balaban J connectivity index is 2.80. The lowest BCUT2D eigenvalue weighted by Gasteiger charge is -2.35. The smallest absolute Gasteiger partial charge is 0.252 e. The van der Waals surface area contributed by atoms with Crippen LogP contribution in [0, 0.1) is 11.3 Å². The zero-order valence-corrected chi connectivity index (χ0v) is 20.3. The van der Waals surface area contributed by atoms with Crippen molar-refractivity contribution in [2.75, 3.05) is 0 Å². The maximum absolute atomic E-state index is 12.9. The van der Waals surface area contributed by atoms with Crippen LogP contribution in [0.1, 0.15) is 78.2 Å². The van der Waals surface area contributed by atoms with E-state index in [1.807, 2.05) is 26.8 Å². The van der Waals surface area contributed by atoms with E-state index in [2.05, 4.69) is 16.0 Å². The second-order valence-electron chi connectivity index (χ2n) is 10.1. The summed E-state index contributed by atoms with van der Waals surface area (Å²) < 4.78 is 0. The topological polar surface area (TPSA) is 130 Å². The fraction of sp³-hybridized carbons (Fsp3) is 0.565. The highest BCUT2D eigenvalue weighted by molar-refractivity contribution is 6.00. The molecule has 0 unspecified atom stereocenters. The summed E-state index contributed by atoms with van der Waals surface area (Å²) in [5.41, 5.74) is -3.61. The van der Waals surface area contributed by atoms with Crippen LogP contribution < -0.4 is 16.0 Å². The first-order valence-electron chi connectivity index (χ1n) is 10.2. The Morgan fingerprint density at radius 1 is 0.750 bits per heavy atom. The van der Waals surface area contributed by atoms with E-state index in [4.69, 9.17) is 15.0 Å². The van der Waals surface area contributed by atoms with Gasteiger partial charge >= 0.3 is 0 Å². The Hall–Kier alpha value is -2.96. The molecule has 0 saturated carbocycles. The average molecular weight is 447 g/mol. The SMILES string of the molecule is CC(C)(C)OOC(C)(C)NC(=O)C(C)(C)NC(=O)C(C)(C)NC(=O)c1ccc(C#N)cc1. The zero-order chi connectivity index (χ0) is 25.0. The van der Waals surface area contributed by atoms with E-state index in [0.717, 1.165) is 0 Å². The number of nitriles is 1. The van der Waals surface area contributed by atoms with Gasteiger partial charge in [0.05, 0.1) is 17.2 Å². The Bertz CT molecular complexity index is 890. The van der Waals surface area contributed by atoms with Gasteiger partial charge in [0.1, 0.15) is 11.1 Å². The van der Waals surface area contributed by atoms with Gasteiger partial charge in [-0.3, -0.25) is 14.4 Å². The van der Waals surface area contributed by atoms with Gasteiger partial charge in [0.15, 0.2) is 5.72 Å². The summed E-state index contributed by atoms with van der Waals surface area (Å²) in [6.45, 7) is 14.8.